The van der Waals surface area contributed by atoms with Crippen LogP contribution in [-0.2, 0) is 0 Å². The molecule has 2 amide bonds. The van der Waals surface area contributed by atoms with E-state index in [4.69, 9.17) is 0 Å². The fourth-order valence-electron chi connectivity index (χ4n) is 1.86. The van der Waals surface area contributed by atoms with Crippen LogP contribution in [0.4, 0.5) is 5.69 Å². The van der Waals surface area contributed by atoms with E-state index in [0.29, 0.717) is 22.6 Å². The Bertz CT molecular complexity index is 661. The Morgan fingerprint density at radius 1 is 1.20 bits per heavy atom. The van der Waals surface area contributed by atoms with Gasteiger partial charge in [-0.15, -0.1) is 0 Å². The smallest absolute Gasteiger partial charge is 0.276 e. The van der Waals surface area contributed by atoms with Gasteiger partial charge in [0.25, 0.3) is 11.8 Å². The molecule has 0 saturated heterocycles. The van der Waals surface area contributed by atoms with Gasteiger partial charge in [0, 0.05) is 24.0 Å². The van der Waals surface area contributed by atoms with E-state index in [0.717, 1.165) is 5.56 Å². The van der Waals surface area contributed by atoms with Crippen molar-refractivity contribution in [2.45, 2.75) is 13.8 Å². The number of hydrogen-bond acceptors (Lipinski definition) is 3. The SMILES string of the molecule is CNC(=O)c1ccc(NC(=O)c2nc[nH]c2C)c(C)c1. The minimum Gasteiger partial charge on any atom is -0.355 e. The van der Waals surface area contributed by atoms with Crippen molar-refractivity contribution in [2.24, 2.45) is 0 Å². The van der Waals surface area contributed by atoms with Crippen LogP contribution in [-0.4, -0.2) is 28.8 Å². The molecule has 1 heterocycles. The Kier molecular flexibility index (Phi) is 3.84. The Hall–Kier alpha value is -2.63. The third-order valence-electron chi connectivity index (χ3n) is 3.01. The molecule has 0 aliphatic rings. The number of carbonyl (C=O) groups excluding carboxylic acids is 2. The molecule has 2 aromatic rings. The van der Waals surface area contributed by atoms with E-state index in [1.54, 1.807) is 32.2 Å². The first-order chi connectivity index (χ1) is 9.52. The van der Waals surface area contributed by atoms with E-state index in [2.05, 4.69) is 20.6 Å². The number of aryl methyl sites for hydroxylation is 2. The Labute approximate surface area is 116 Å². The van der Waals surface area contributed by atoms with Gasteiger partial charge >= 0.3 is 0 Å². The molecule has 0 aliphatic heterocycles. The number of imidazole rings is 1. The molecule has 1 aromatic carbocycles. The van der Waals surface area contributed by atoms with E-state index in [-0.39, 0.29) is 11.8 Å². The van der Waals surface area contributed by atoms with Crippen molar-refractivity contribution in [2.75, 3.05) is 12.4 Å². The summed E-state index contributed by atoms with van der Waals surface area (Å²) in [5.74, 6) is -0.436. The summed E-state index contributed by atoms with van der Waals surface area (Å²) in [5, 5.41) is 5.34. The third kappa shape index (κ3) is 2.69. The second kappa shape index (κ2) is 5.56. The first-order valence-corrected chi connectivity index (χ1v) is 6.17. The summed E-state index contributed by atoms with van der Waals surface area (Å²) < 4.78 is 0. The average molecular weight is 272 g/mol. The van der Waals surface area contributed by atoms with Gasteiger partial charge in [-0.3, -0.25) is 9.59 Å². The van der Waals surface area contributed by atoms with Crippen molar-refractivity contribution in [1.29, 1.82) is 0 Å². The first-order valence-electron chi connectivity index (χ1n) is 6.17. The zero-order valence-electron chi connectivity index (χ0n) is 11.6. The number of H-pyrrole nitrogens is 1. The van der Waals surface area contributed by atoms with Gasteiger partial charge in [0.2, 0.25) is 0 Å². The molecule has 6 heteroatoms. The zero-order chi connectivity index (χ0) is 14.7. The average Bonchev–Trinajstić information content (AvgIpc) is 2.86. The molecule has 1 aromatic heterocycles. The molecule has 20 heavy (non-hydrogen) atoms. The Morgan fingerprint density at radius 3 is 2.50 bits per heavy atom. The number of aromatic amines is 1. The van der Waals surface area contributed by atoms with E-state index in [1.165, 1.54) is 6.33 Å². The van der Waals surface area contributed by atoms with Gasteiger partial charge in [0.1, 0.15) is 5.69 Å². The van der Waals surface area contributed by atoms with Crippen LogP contribution in [0.3, 0.4) is 0 Å². The summed E-state index contributed by atoms with van der Waals surface area (Å²) in [6.07, 6.45) is 1.48. The molecule has 104 valence electrons. The summed E-state index contributed by atoms with van der Waals surface area (Å²) in [6.45, 7) is 3.61. The molecule has 0 radical (unpaired) electrons. The highest BCUT2D eigenvalue weighted by Crippen LogP contribution is 2.17. The van der Waals surface area contributed by atoms with Crippen LogP contribution in [0.15, 0.2) is 24.5 Å². The summed E-state index contributed by atoms with van der Waals surface area (Å²) in [4.78, 5) is 30.4. The fraction of sp³-hybridized carbons (Fsp3) is 0.214. The van der Waals surface area contributed by atoms with Crippen molar-refractivity contribution < 1.29 is 9.59 Å². The molecular weight excluding hydrogens is 256 g/mol. The van der Waals surface area contributed by atoms with Gasteiger partial charge < -0.3 is 15.6 Å². The van der Waals surface area contributed by atoms with Gasteiger partial charge in [-0.1, -0.05) is 0 Å². The molecule has 0 aliphatic carbocycles. The minimum absolute atomic E-state index is 0.158. The van der Waals surface area contributed by atoms with Crippen molar-refractivity contribution in [3.05, 3.63) is 47.0 Å². The largest absolute Gasteiger partial charge is 0.355 e. The molecule has 3 N–H and O–H groups in total. The number of rotatable bonds is 3. The highest BCUT2D eigenvalue weighted by Gasteiger charge is 2.13. The van der Waals surface area contributed by atoms with Gasteiger partial charge in [-0.05, 0) is 37.6 Å². The van der Waals surface area contributed by atoms with Crippen LogP contribution in [0.1, 0.15) is 32.1 Å². The van der Waals surface area contributed by atoms with Gasteiger partial charge in [-0.25, -0.2) is 4.98 Å². The third-order valence-corrected chi connectivity index (χ3v) is 3.01. The van der Waals surface area contributed by atoms with Crippen molar-refractivity contribution in [3.63, 3.8) is 0 Å². The number of aromatic nitrogens is 2. The topological polar surface area (TPSA) is 86.9 Å². The number of hydrogen-bond donors (Lipinski definition) is 3. The zero-order valence-corrected chi connectivity index (χ0v) is 11.6. The highest BCUT2D eigenvalue weighted by molar-refractivity contribution is 6.04. The van der Waals surface area contributed by atoms with Gasteiger partial charge in [0.15, 0.2) is 0 Å². The van der Waals surface area contributed by atoms with E-state index >= 15 is 0 Å². The van der Waals surface area contributed by atoms with E-state index < -0.39 is 0 Å². The highest BCUT2D eigenvalue weighted by atomic mass is 16.2. The summed E-state index contributed by atoms with van der Waals surface area (Å²) >= 11 is 0. The number of benzene rings is 1. The van der Waals surface area contributed by atoms with E-state index in [1.807, 2.05) is 6.92 Å². The number of carbonyl (C=O) groups is 2. The van der Waals surface area contributed by atoms with Crippen LogP contribution < -0.4 is 10.6 Å². The van der Waals surface area contributed by atoms with Crippen LogP contribution in [0.5, 0.6) is 0 Å². The number of anilines is 1. The Morgan fingerprint density at radius 2 is 1.95 bits per heavy atom. The van der Waals surface area contributed by atoms with E-state index in [9.17, 15) is 9.59 Å². The lowest BCUT2D eigenvalue weighted by Gasteiger charge is -2.09. The maximum Gasteiger partial charge on any atom is 0.276 e. The quantitative estimate of drug-likeness (QED) is 0.793. The van der Waals surface area contributed by atoms with Crippen LogP contribution in [0.2, 0.25) is 0 Å². The predicted octanol–water partition coefficient (Wildman–Crippen LogP) is 1.64. The lowest BCUT2D eigenvalue weighted by Crippen LogP contribution is -2.18. The molecule has 0 atom stereocenters. The molecule has 0 saturated carbocycles. The summed E-state index contributed by atoms with van der Waals surface area (Å²) in [5.41, 5.74) is 3.10. The van der Waals surface area contributed by atoms with Crippen molar-refractivity contribution in [3.8, 4) is 0 Å². The molecule has 0 spiro atoms. The van der Waals surface area contributed by atoms with Crippen LogP contribution in [0, 0.1) is 13.8 Å². The lowest BCUT2D eigenvalue weighted by atomic mass is 10.1. The summed E-state index contributed by atoms with van der Waals surface area (Å²) in [7, 11) is 1.58. The van der Waals surface area contributed by atoms with Crippen molar-refractivity contribution >= 4 is 17.5 Å². The molecule has 0 unspecified atom stereocenters. The molecule has 6 nitrogen and oxygen atoms in total. The second-order valence-electron chi connectivity index (χ2n) is 4.44. The maximum absolute atomic E-state index is 12.1. The van der Waals surface area contributed by atoms with Crippen LogP contribution >= 0.6 is 0 Å². The fourth-order valence-corrected chi connectivity index (χ4v) is 1.86. The van der Waals surface area contributed by atoms with Crippen molar-refractivity contribution in [1.82, 2.24) is 15.3 Å². The van der Waals surface area contributed by atoms with Gasteiger partial charge in [-0.2, -0.15) is 0 Å². The first kappa shape index (κ1) is 13.8. The molecule has 0 bridgehead atoms. The molecule has 2 rings (SSSR count). The maximum atomic E-state index is 12.1. The second-order valence-corrected chi connectivity index (χ2v) is 4.44. The summed E-state index contributed by atoms with van der Waals surface area (Å²) in [6, 6.07) is 5.10. The monoisotopic (exact) mass is 272 g/mol. The van der Waals surface area contributed by atoms with Crippen LogP contribution in [0.25, 0.3) is 0 Å². The normalized spacial score (nSPS) is 10.2. The number of amides is 2. The Balaban J connectivity index is 2.20. The molecular formula is C14H16N4O2. The minimum atomic E-state index is -0.278. The standard InChI is InChI=1S/C14H16N4O2/c1-8-6-10(13(19)15-3)4-5-11(8)18-14(20)12-9(2)16-7-17-12/h4-7H,1-3H3,(H,15,19)(H,16,17)(H,18,20). The van der Waals surface area contributed by atoms with Gasteiger partial charge in [0.05, 0.1) is 6.33 Å². The number of nitrogens with one attached hydrogen (secondary N) is 3. The predicted molar refractivity (Wildman–Crippen MR) is 75.8 cm³/mol. The lowest BCUT2D eigenvalue weighted by molar-refractivity contribution is 0.0962. The number of nitrogens with zero attached hydrogens (tertiary/aromatic N) is 1. The molecule has 0 fully saturated rings.